The molecular weight excluding hydrogens is 334 g/mol. The van der Waals surface area contributed by atoms with Gasteiger partial charge in [0, 0.05) is 24.6 Å². The molecule has 1 fully saturated rings. The molecule has 0 spiro atoms. The van der Waals surface area contributed by atoms with Gasteiger partial charge in [0.1, 0.15) is 5.82 Å². The summed E-state index contributed by atoms with van der Waals surface area (Å²) in [4.78, 5) is 7.45. The molecule has 0 radical (unpaired) electrons. The lowest BCUT2D eigenvalue weighted by Gasteiger charge is -2.33. The number of likely N-dealkylation sites (tertiary alicyclic amines) is 1. The molecule has 3 heterocycles. The fraction of sp³-hybridized carbons (Fsp3) is 0.455. The first-order chi connectivity index (χ1) is 13.1. The number of nitrogen functional groups attached to an aromatic ring is 1. The maximum Gasteiger partial charge on any atom is 0.157 e. The molecule has 2 atom stereocenters. The molecular formula is C22H29N5. The number of anilines is 1. The van der Waals surface area contributed by atoms with Crippen LogP contribution in [-0.4, -0.2) is 39.1 Å². The summed E-state index contributed by atoms with van der Waals surface area (Å²) in [5.41, 5.74) is 10.6. The number of hydrogen-bond donors (Lipinski definition) is 1. The van der Waals surface area contributed by atoms with Crippen LogP contribution in [0.15, 0.2) is 42.5 Å². The average molecular weight is 364 g/mol. The highest BCUT2D eigenvalue weighted by molar-refractivity contribution is 5.48. The molecule has 0 aliphatic carbocycles. The number of fused-ring (bicyclic) bond motifs is 1. The van der Waals surface area contributed by atoms with Crippen LogP contribution in [0.5, 0.6) is 0 Å². The first kappa shape index (κ1) is 18.0. The topological polar surface area (TPSA) is 59.5 Å². The zero-order chi connectivity index (χ0) is 18.8. The maximum atomic E-state index is 6.22. The highest BCUT2D eigenvalue weighted by Gasteiger charge is 2.23. The van der Waals surface area contributed by atoms with Gasteiger partial charge in [-0.15, -0.1) is 0 Å². The van der Waals surface area contributed by atoms with E-state index in [-0.39, 0.29) is 0 Å². The molecule has 1 saturated heterocycles. The van der Waals surface area contributed by atoms with Crippen molar-refractivity contribution in [3.8, 4) is 0 Å². The van der Waals surface area contributed by atoms with Crippen molar-refractivity contribution in [3.63, 3.8) is 0 Å². The molecule has 0 bridgehead atoms. The molecule has 1 aliphatic rings. The quantitative estimate of drug-likeness (QED) is 0.744. The summed E-state index contributed by atoms with van der Waals surface area (Å²) in [6.07, 6.45) is 3.59. The van der Waals surface area contributed by atoms with Crippen molar-refractivity contribution in [1.82, 2.24) is 19.5 Å². The van der Waals surface area contributed by atoms with Gasteiger partial charge in [-0.25, -0.2) is 4.98 Å². The van der Waals surface area contributed by atoms with E-state index in [0.29, 0.717) is 17.7 Å². The van der Waals surface area contributed by atoms with Crippen LogP contribution >= 0.6 is 0 Å². The van der Waals surface area contributed by atoms with Gasteiger partial charge in [0.2, 0.25) is 0 Å². The fourth-order valence-electron chi connectivity index (χ4n) is 4.17. The van der Waals surface area contributed by atoms with Crippen molar-refractivity contribution in [2.45, 2.75) is 44.9 Å². The first-order valence-electron chi connectivity index (χ1n) is 10.0. The predicted molar refractivity (Wildman–Crippen MR) is 110 cm³/mol. The minimum atomic E-state index is 0.452. The van der Waals surface area contributed by atoms with Crippen molar-refractivity contribution in [2.75, 3.05) is 25.4 Å². The van der Waals surface area contributed by atoms with E-state index >= 15 is 0 Å². The molecule has 5 heteroatoms. The molecule has 0 unspecified atom stereocenters. The van der Waals surface area contributed by atoms with Gasteiger partial charge in [-0.2, -0.15) is 9.61 Å². The highest BCUT2D eigenvalue weighted by Crippen LogP contribution is 2.28. The maximum absolute atomic E-state index is 6.22. The van der Waals surface area contributed by atoms with Gasteiger partial charge in [0.15, 0.2) is 5.65 Å². The Hall–Kier alpha value is -2.40. The molecule has 1 aliphatic heterocycles. The molecule has 2 aromatic heterocycles. The summed E-state index contributed by atoms with van der Waals surface area (Å²) in [5.74, 6) is 1.72. The van der Waals surface area contributed by atoms with E-state index in [4.69, 9.17) is 10.7 Å². The molecule has 1 aromatic carbocycles. The fourth-order valence-corrected chi connectivity index (χ4v) is 4.17. The summed E-state index contributed by atoms with van der Waals surface area (Å²) >= 11 is 0. The van der Waals surface area contributed by atoms with Gasteiger partial charge < -0.3 is 10.6 Å². The van der Waals surface area contributed by atoms with Crippen molar-refractivity contribution >= 4 is 11.5 Å². The second-order valence-electron chi connectivity index (χ2n) is 7.90. The summed E-state index contributed by atoms with van der Waals surface area (Å²) in [7, 11) is 0. The number of aromatic nitrogens is 3. The van der Waals surface area contributed by atoms with Crippen LogP contribution in [0.3, 0.4) is 0 Å². The van der Waals surface area contributed by atoms with E-state index in [9.17, 15) is 0 Å². The average Bonchev–Trinajstić information content (AvgIpc) is 3.08. The minimum absolute atomic E-state index is 0.452. The zero-order valence-electron chi connectivity index (χ0n) is 16.3. The smallest absolute Gasteiger partial charge is 0.157 e. The summed E-state index contributed by atoms with van der Waals surface area (Å²) in [6.45, 7) is 7.69. The van der Waals surface area contributed by atoms with Crippen molar-refractivity contribution in [2.24, 2.45) is 0 Å². The van der Waals surface area contributed by atoms with E-state index in [2.05, 4.69) is 47.3 Å². The largest absolute Gasteiger partial charge is 0.384 e. The van der Waals surface area contributed by atoms with Crippen LogP contribution in [0, 0.1) is 6.92 Å². The summed E-state index contributed by atoms with van der Waals surface area (Å²) in [6, 6.07) is 14.8. The lowest BCUT2D eigenvalue weighted by molar-refractivity contribution is 0.200. The Morgan fingerprint density at radius 2 is 2.04 bits per heavy atom. The van der Waals surface area contributed by atoms with Crippen LogP contribution < -0.4 is 5.73 Å². The third-order valence-corrected chi connectivity index (χ3v) is 5.77. The van der Waals surface area contributed by atoms with Crippen LogP contribution in [0.25, 0.3) is 5.65 Å². The van der Waals surface area contributed by atoms with Gasteiger partial charge in [0.25, 0.3) is 0 Å². The van der Waals surface area contributed by atoms with Crippen LogP contribution in [0.4, 0.5) is 5.82 Å². The number of benzene rings is 1. The van der Waals surface area contributed by atoms with Gasteiger partial charge in [-0.3, -0.25) is 0 Å². The minimum Gasteiger partial charge on any atom is -0.384 e. The van der Waals surface area contributed by atoms with Crippen molar-refractivity contribution < 1.29 is 0 Å². The summed E-state index contributed by atoms with van der Waals surface area (Å²) < 4.78 is 1.74. The third-order valence-electron chi connectivity index (χ3n) is 5.77. The highest BCUT2D eigenvalue weighted by atomic mass is 15.3. The predicted octanol–water partition coefficient (Wildman–Crippen LogP) is 3.99. The zero-order valence-corrected chi connectivity index (χ0v) is 16.3. The van der Waals surface area contributed by atoms with Crippen LogP contribution in [0.1, 0.15) is 55.0 Å². The molecule has 5 nitrogen and oxygen atoms in total. The van der Waals surface area contributed by atoms with E-state index in [1.54, 1.807) is 4.52 Å². The van der Waals surface area contributed by atoms with Crippen molar-refractivity contribution in [3.05, 3.63) is 59.4 Å². The van der Waals surface area contributed by atoms with Gasteiger partial charge in [0.05, 0.1) is 11.4 Å². The molecule has 3 aromatic rings. The molecule has 0 amide bonds. The Balaban J connectivity index is 1.42. The number of nitrogens with zero attached hydrogens (tertiary/aromatic N) is 4. The lowest BCUT2D eigenvalue weighted by Crippen LogP contribution is -2.35. The second-order valence-corrected chi connectivity index (χ2v) is 7.90. The number of nitrogens with two attached hydrogens (primary N) is 1. The lowest BCUT2D eigenvalue weighted by atomic mass is 9.93. The van der Waals surface area contributed by atoms with E-state index in [1.165, 1.54) is 31.4 Å². The molecule has 27 heavy (non-hydrogen) atoms. The monoisotopic (exact) mass is 363 g/mol. The first-order valence-corrected chi connectivity index (χ1v) is 10.0. The number of aryl methyl sites for hydroxylation is 1. The van der Waals surface area contributed by atoms with Gasteiger partial charge in [-0.1, -0.05) is 37.3 Å². The molecule has 0 saturated carbocycles. The van der Waals surface area contributed by atoms with Crippen LogP contribution in [0.2, 0.25) is 0 Å². The second kappa shape index (κ2) is 7.69. The molecule has 4 rings (SSSR count). The normalized spacial score (nSPS) is 19.4. The van der Waals surface area contributed by atoms with Gasteiger partial charge >= 0.3 is 0 Å². The van der Waals surface area contributed by atoms with E-state index < -0.39 is 0 Å². The Morgan fingerprint density at radius 3 is 2.85 bits per heavy atom. The Bertz CT molecular complexity index is 902. The Labute approximate surface area is 161 Å². The standard InChI is InChI=1S/C22H29N5/c1-16(18-7-4-3-5-8-18)10-12-26-11-6-9-19(15-26)20-14-21(23)27-22(24-20)13-17(2)25-27/h3-5,7-8,13-14,16,19H,6,9-12,15,23H2,1-2H3/t16-,19+/m1/s1. The van der Waals surface area contributed by atoms with E-state index in [1.807, 2.05) is 19.1 Å². The summed E-state index contributed by atoms with van der Waals surface area (Å²) in [5, 5.41) is 4.41. The molecule has 142 valence electrons. The Kier molecular flexibility index (Phi) is 5.12. The van der Waals surface area contributed by atoms with E-state index in [0.717, 1.165) is 30.1 Å². The SMILES string of the molecule is Cc1cc2nc([C@H]3CCCN(CC[C@@H](C)c4ccccc4)C3)cc(N)n2n1. The van der Waals surface area contributed by atoms with Gasteiger partial charge in [-0.05, 0) is 50.8 Å². The third kappa shape index (κ3) is 3.98. The van der Waals surface area contributed by atoms with Crippen molar-refractivity contribution in [1.29, 1.82) is 0 Å². The number of rotatable bonds is 5. The molecule has 2 N–H and O–H groups in total. The number of piperidine rings is 1. The Morgan fingerprint density at radius 1 is 1.22 bits per heavy atom. The van der Waals surface area contributed by atoms with Crippen LogP contribution in [-0.2, 0) is 0 Å². The number of hydrogen-bond acceptors (Lipinski definition) is 4.